The largest absolute Gasteiger partial charge is 0.461 e. The second-order valence-corrected chi connectivity index (χ2v) is 9.91. The molecule has 1 saturated heterocycles. The Morgan fingerprint density at radius 2 is 1.72 bits per heavy atom. The molecule has 0 aromatic rings. The molecule has 10 nitrogen and oxygen atoms in total. The Balaban J connectivity index is 2.40. The number of carbonyl (C=O) groups is 4. The Hall–Kier alpha value is -2.98. The van der Waals surface area contributed by atoms with Gasteiger partial charge in [-0.1, -0.05) is 24.6 Å². The molecule has 2 aliphatic carbocycles. The van der Waals surface area contributed by atoms with Crippen LogP contribution in [0.3, 0.4) is 0 Å². The molecule has 1 heterocycles. The van der Waals surface area contributed by atoms with Gasteiger partial charge in [-0.2, -0.15) is 0 Å². The Labute approximate surface area is 209 Å². The lowest BCUT2D eigenvalue weighted by Gasteiger charge is -2.53. The summed E-state index contributed by atoms with van der Waals surface area (Å²) in [4.78, 5) is 49.4. The van der Waals surface area contributed by atoms with E-state index in [2.05, 4.69) is 0 Å². The van der Waals surface area contributed by atoms with Crippen molar-refractivity contribution in [2.45, 2.75) is 78.0 Å². The van der Waals surface area contributed by atoms with Crippen LogP contribution < -0.4 is 0 Å². The second-order valence-electron chi connectivity index (χ2n) is 9.91. The van der Waals surface area contributed by atoms with Gasteiger partial charge in [0.05, 0.1) is 17.9 Å². The molecule has 3 aliphatic rings. The number of hydrogen-bond acceptors (Lipinski definition) is 10. The van der Waals surface area contributed by atoms with Crippen LogP contribution in [0.5, 0.6) is 0 Å². The van der Waals surface area contributed by atoms with Crippen LogP contribution >= 0.6 is 0 Å². The van der Waals surface area contributed by atoms with Gasteiger partial charge in [0, 0.05) is 33.1 Å². The van der Waals surface area contributed by atoms with E-state index in [0.29, 0.717) is 5.57 Å². The van der Waals surface area contributed by atoms with Crippen LogP contribution in [0.15, 0.2) is 35.5 Å². The highest BCUT2D eigenvalue weighted by Gasteiger charge is 2.66. The summed E-state index contributed by atoms with van der Waals surface area (Å²) in [6, 6.07) is 0. The summed E-state index contributed by atoms with van der Waals surface area (Å²) < 4.78 is 22.7. The molecule has 0 spiro atoms. The summed E-state index contributed by atoms with van der Waals surface area (Å²) in [7, 11) is 0. The molecule has 2 N–H and O–H groups in total. The highest BCUT2D eigenvalue weighted by molar-refractivity contribution is 5.78. The van der Waals surface area contributed by atoms with E-state index < -0.39 is 77.8 Å². The normalized spacial score (nSPS) is 40.3. The third kappa shape index (κ3) is 4.71. The Morgan fingerprint density at radius 1 is 1.11 bits per heavy atom. The number of hydrogen-bond donors (Lipinski definition) is 2. The van der Waals surface area contributed by atoms with Gasteiger partial charge in [0.15, 0.2) is 11.7 Å². The quantitative estimate of drug-likeness (QED) is 0.327. The van der Waals surface area contributed by atoms with E-state index >= 15 is 0 Å². The highest BCUT2D eigenvalue weighted by Crippen LogP contribution is 2.54. The molecule has 0 aromatic carbocycles. The molecule has 0 amide bonds. The van der Waals surface area contributed by atoms with Crippen LogP contribution in [0.1, 0.15) is 48.0 Å². The van der Waals surface area contributed by atoms with Gasteiger partial charge in [-0.05, 0) is 31.6 Å². The first-order chi connectivity index (χ1) is 16.8. The zero-order valence-electron chi connectivity index (χ0n) is 21.3. The first kappa shape index (κ1) is 27.6. The van der Waals surface area contributed by atoms with Crippen LogP contribution in [0, 0.1) is 17.3 Å². The van der Waals surface area contributed by atoms with Crippen LogP contribution in [-0.2, 0) is 38.1 Å². The summed E-state index contributed by atoms with van der Waals surface area (Å²) in [5.74, 6) is -4.60. The Morgan fingerprint density at radius 3 is 2.28 bits per heavy atom. The minimum atomic E-state index is -2.06. The predicted octanol–water partition coefficient (Wildman–Crippen LogP) is 1.54. The van der Waals surface area contributed by atoms with Crippen molar-refractivity contribution in [2.75, 3.05) is 6.61 Å². The van der Waals surface area contributed by atoms with E-state index in [4.69, 9.17) is 18.9 Å². The third-order valence-corrected chi connectivity index (χ3v) is 7.55. The Bertz CT molecular complexity index is 1030. The van der Waals surface area contributed by atoms with Crippen LogP contribution in [0.2, 0.25) is 0 Å². The summed E-state index contributed by atoms with van der Waals surface area (Å²) in [6.45, 7) is 8.16. The fraction of sp³-hybridized carbons (Fsp3) is 0.615. The average molecular weight is 507 g/mol. The van der Waals surface area contributed by atoms with Crippen molar-refractivity contribution in [3.8, 4) is 0 Å². The first-order valence-corrected chi connectivity index (χ1v) is 11.9. The van der Waals surface area contributed by atoms with Crippen molar-refractivity contribution in [1.82, 2.24) is 0 Å². The van der Waals surface area contributed by atoms with Crippen LogP contribution in [0.25, 0.3) is 0 Å². The monoisotopic (exact) mass is 506 g/mol. The van der Waals surface area contributed by atoms with Crippen molar-refractivity contribution in [1.29, 1.82) is 0 Å². The van der Waals surface area contributed by atoms with Crippen molar-refractivity contribution in [2.24, 2.45) is 17.3 Å². The van der Waals surface area contributed by atoms with Crippen molar-refractivity contribution in [3.05, 3.63) is 35.5 Å². The lowest BCUT2D eigenvalue weighted by molar-refractivity contribution is -0.211. The van der Waals surface area contributed by atoms with E-state index in [1.165, 1.54) is 39.8 Å². The summed E-state index contributed by atoms with van der Waals surface area (Å²) in [5, 5.41) is 22.2. The van der Waals surface area contributed by atoms with E-state index in [1.54, 1.807) is 19.9 Å². The molecule has 10 heteroatoms. The molecule has 0 unspecified atom stereocenters. The highest BCUT2D eigenvalue weighted by atomic mass is 16.6. The first-order valence-electron chi connectivity index (χ1n) is 11.9. The SMILES string of the molecule is CC(=O)O[C@H]1/C=C/C(CO)=C\[C@@H]2OC(=O)[C@H](C)[C@@]2(O)[C@@H](OC(C)=O)[C@H]2C(C)=CC[C@H](OC(C)=O)[C@]12C. The molecule has 0 aromatic heterocycles. The predicted molar refractivity (Wildman–Crippen MR) is 125 cm³/mol. The molecule has 36 heavy (non-hydrogen) atoms. The third-order valence-electron chi connectivity index (χ3n) is 7.55. The Kier molecular flexibility index (Phi) is 7.80. The number of rotatable bonds is 4. The molecular weight excluding hydrogens is 472 g/mol. The van der Waals surface area contributed by atoms with Crippen molar-refractivity contribution >= 4 is 23.9 Å². The lowest BCUT2D eigenvalue weighted by Crippen LogP contribution is -2.65. The van der Waals surface area contributed by atoms with Gasteiger partial charge in [0.25, 0.3) is 0 Å². The number of carbonyl (C=O) groups excluding carboxylic acids is 4. The average Bonchev–Trinajstić information content (AvgIpc) is 2.99. The van der Waals surface area contributed by atoms with Crippen LogP contribution in [-0.4, -0.2) is 70.7 Å². The van der Waals surface area contributed by atoms with Gasteiger partial charge in [-0.25, -0.2) is 0 Å². The van der Waals surface area contributed by atoms with Gasteiger partial charge in [-0.3, -0.25) is 19.2 Å². The molecule has 1 aliphatic heterocycles. The number of aliphatic hydroxyl groups is 2. The molecule has 3 rings (SSSR count). The van der Waals surface area contributed by atoms with E-state index in [-0.39, 0.29) is 12.0 Å². The van der Waals surface area contributed by atoms with E-state index in [9.17, 15) is 29.4 Å². The van der Waals surface area contributed by atoms with Gasteiger partial charge < -0.3 is 29.2 Å². The van der Waals surface area contributed by atoms with Crippen LogP contribution in [0.4, 0.5) is 0 Å². The second kappa shape index (κ2) is 10.2. The standard InChI is InChI=1S/C26H34O10/c1-13-7-9-19(33-15(3)28)25(6)20(34-16(4)29)10-8-18(12-27)11-21-26(32,14(2)24(31)36-21)23(22(13)25)35-17(5)30/h7-8,10-11,14,19-23,27,32H,9,12H2,1-6H3/b10-8+,18-11+/t14-,19-,20-,21-,22+,23-,25+,26-/m0/s1. The fourth-order valence-electron chi connectivity index (χ4n) is 5.72. The van der Waals surface area contributed by atoms with Gasteiger partial charge >= 0.3 is 23.9 Å². The van der Waals surface area contributed by atoms with Gasteiger partial charge in [0.2, 0.25) is 0 Å². The molecule has 1 fully saturated rings. The minimum absolute atomic E-state index is 0.270. The maximum atomic E-state index is 12.7. The summed E-state index contributed by atoms with van der Waals surface area (Å²) in [6.07, 6.45) is 2.03. The number of aliphatic hydroxyl groups excluding tert-OH is 1. The summed E-state index contributed by atoms with van der Waals surface area (Å²) >= 11 is 0. The number of esters is 4. The zero-order chi connectivity index (χ0) is 27.0. The number of ether oxygens (including phenoxy) is 4. The smallest absolute Gasteiger partial charge is 0.312 e. The van der Waals surface area contributed by atoms with E-state index in [0.717, 1.165) is 0 Å². The maximum absolute atomic E-state index is 12.7. The summed E-state index contributed by atoms with van der Waals surface area (Å²) in [5.41, 5.74) is -2.37. The molecule has 8 atom stereocenters. The van der Waals surface area contributed by atoms with Gasteiger partial charge in [-0.15, -0.1) is 0 Å². The fourth-order valence-corrected chi connectivity index (χ4v) is 5.72. The van der Waals surface area contributed by atoms with E-state index in [1.807, 2.05) is 6.08 Å². The topological polar surface area (TPSA) is 146 Å². The maximum Gasteiger partial charge on any atom is 0.312 e. The molecule has 0 bridgehead atoms. The van der Waals surface area contributed by atoms with Gasteiger partial charge in [0.1, 0.15) is 18.3 Å². The lowest BCUT2D eigenvalue weighted by atomic mass is 9.56. The van der Waals surface area contributed by atoms with Crippen molar-refractivity contribution in [3.63, 3.8) is 0 Å². The zero-order valence-corrected chi connectivity index (χ0v) is 21.3. The number of fused-ring (bicyclic) bond motifs is 2. The minimum Gasteiger partial charge on any atom is -0.461 e. The molecule has 0 saturated carbocycles. The molecule has 198 valence electrons. The molecule has 0 radical (unpaired) electrons. The molecular formula is C26H34O10. The van der Waals surface area contributed by atoms with Crippen molar-refractivity contribution < 1.29 is 48.3 Å².